The Balaban J connectivity index is 1.51. The molecular weight excluding hydrogens is 390 g/mol. The molecule has 3 amide bonds. The number of hydrogen-bond acceptors (Lipinski definition) is 3. The van der Waals surface area contributed by atoms with Gasteiger partial charge in [0.05, 0.1) is 6.54 Å². The van der Waals surface area contributed by atoms with Crippen LogP contribution in [-0.4, -0.2) is 51.2 Å². The molecule has 0 spiro atoms. The van der Waals surface area contributed by atoms with E-state index >= 15 is 0 Å². The van der Waals surface area contributed by atoms with Gasteiger partial charge >= 0.3 is 6.03 Å². The quantitative estimate of drug-likeness (QED) is 0.814. The van der Waals surface area contributed by atoms with Gasteiger partial charge in [-0.05, 0) is 43.9 Å². The zero-order chi connectivity index (χ0) is 20.5. The Bertz CT molecular complexity index is 949. The SMILES string of the molecule is Cc1ccc(NC(=O)N2CCc3c(c(C(=O)N4CCCCC4)nn3C)C2)cc1Cl. The van der Waals surface area contributed by atoms with E-state index in [1.807, 2.05) is 31.0 Å². The molecule has 8 heteroatoms. The molecule has 0 radical (unpaired) electrons. The number of nitrogens with zero attached hydrogens (tertiary/aromatic N) is 4. The van der Waals surface area contributed by atoms with E-state index in [0.29, 0.717) is 35.9 Å². The van der Waals surface area contributed by atoms with Crippen LogP contribution in [0.1, 0.15) is 46.6 Å². The van der Waals surface area contributed by atoms with Crippen molar-refractivity contribution in [1.29, 1.82) is 0 Å². The van der Waals surface area contributed by atoms with Gasteiger partial charge in [0.25, 0.3) is 5.91 Å². The molecule has 7 nitrogen and oxygen atoms in total. The normalized spacial score (nSPS) is 16.5. The molecule has 0 unspecified atom stereocenters. The maximum atomic E-state index is 13.0. The number of urea groups is 1. The van der Waals surface area contributed by atoms with Crippen molar-refractivity contribution in [3.63, 3.8) is 0 Å². The molecule has 4 rings (SSSR count). The van der Waals surface area contributed by atoms with Gasteiger partial charge in [0.15, 0.2) is 5.69 Å². The van der Waals surface area contributed by atoms with Crippen LogP contribution in [0, 0.1) is 6.92 Å². The van der Waals surface area contributed by atoms with Crippen LogP contribution in [0.4, 0.5) is 10.5 Å². The summed E-state index contributed by atoms with van der Waals surface area (Å²) in [5.74, 6) is -0.0193. The minimum absolute atomic E-state index is 0.0193. The van der Waals surface area contributed by atoms with Crippen molar-refractivity contribution in [3.05, 3.63) is 45.7 Å². The number of aryl methyl sites for hydroxylation is 2. The topological polar surface area (TPSA) is 70.5 Å². The highest BCUT2D eigenvalue weighted by Gasteiger charge is 2.31. The second kappa shape index (κ2) is 8.06. The van der Waals surface area contributed by atoms with Gasteiger partial charge in [-0.3, -0.25) is 9.48 Å². The van der Waals surface area contributed by atoms with Gasteiger partial charge in [0, 0.05) is 55.1 Å². The highest BCUT2D eigenvalue weighted by atomic mass is 35.5. The Labute approximate surface area is 175 Å². The fourth-order valence-electron chi connectivity index (χ4n) is 4.06. The van der Waals surface area contributed by atoms with Crippen molar-refractivity contribution in [1.82, 2.24) is 19.6 Å². The van der Waals surface area contributed by atoms with Crippen molar-refractivity contribution < 1.29 is 9.59 Å². The van der Waals surface area contributed by atoms with Crippen LogP contribution in [-0.2, 0) is 20.0 Å². The number of rotatable bonds is 2. The number of benzene rings is 1. The summed E-state index contributed by atoms with van der Waals surface area (Å²) in [5, 5.41) is 8.04. The van der Waals surface area contributed by atoms with E-state index in [1.165, 1.54) is 6.42 Å². The van der Waals surface area contributed by atoms with Gasteiger partial charge in [-0.1, -0.05) is 17.7 Å². The summed E-state index contributed by atoms with van der Waals surface area (Å²) in [5.41, 5.74) is 4.01. The predicted molar refractivity (Wildman–Crippen MR) is 112 cm³/mol. The number of amides is 3. The van der Waals surface area contributed by atoms with E-state index in [-0.39, 0.29) is 11.9 Å². The average molecular weight is 416 g/mol. The molecule has 3 heterocycles. The monoisotopic (exact) mass is 415 g/mol. The smallest absolute Gasteiger partial charge is 0.322 e. The van der Waals surface area contributed by atoms with Crippen LogP contribution < -0.4 is 5.32 Å². The molecule has 1 aromatic heterocycles. The lowest BCUT2D eigenvalue weighted by molar-refractivity contribution is 0.0715. The lowest BCUT2D eigenvalue weighted by atomic mass is 10.0. The number of halogens is 1. The summed E-state index contributed by atoms with van der Waals surface area (Å²) in [4.78, 5) is 29.5. The first-order valence-electron chi connectivity index (χ1n) is 10.1. The molecule has 0 aliphatic carbocycles. The number of anilines is 1. The van der Waals surface area contributed by atoms with Gasteiger partial charge < -0.3 is 15.1 Å². The van der Waals surface area contributed by atoms with Gasteiger partial charge in [0.2, 0.25) is 0 Å². The molecule has 2 aliphatic heterocycles. The first-order valence-corrected chi connectivity index (χ1v) is 10.5. The summed E-state index contributed by atoms with van der Waals surface area (Å²) in [6, 6.07) is 5.27. The highest BCUT2D eigenvalue weighted by Crippen LogP contribution is 2.26. The zero-order valence-electron chi connectivity index (χ0n) is 16.9. The maximum Gasteiger partial charge on any atom is 0.322 e. The van der Waals surface area contributed by atoms with Crippen LogP contribution in [0.2, 0.25) is 5.02 Å². The molecule has 2 aromatic rings. The summed E-state index contributed by atoms with van der Waals surface area (Å²) in [6.45, 7) is 4.44. The molecular formula is C21H26ClN5O2. The Kier molecular flexibility index (Phi) is 5.50. The molecule has 29 heavy (non-hydrogen) atoms. The minimum Gasteiger partial charge on any atom is -0.337 e. The van der Waals surface area contributed by atoms with Gasteiger partial charge in [-0.25, -0.2) is 4.79 Å². The number of hydrogen-bond donors (Lipinski definition) is 1. The largest absolute Gasteiger partial charge is 0.337 e. The zero-order valence-corrected chi connectivity index (χ0v) is 17.6. The van der Waals surface area contributed by atoms with Crippen molar-refractivity contribution in [3.8, 4) is 0 Å². The summed E-state index contributed by atoms with van der Waals surface area (Å²) in [6.07, 6.45) is 3.91. The number of carbonyl (C=O) groups is 2. The molecule has 0 bridgehead atoms. The molecule has 1 saturated heterocycles. The number of likely N-dealkylation sites (tertiary alicyclic amines) is 1. The molecule has 0 atom stereocenters. The van der Waals surface area contributed by atoms with Gasteiger partial charge in [0.1, 0.15) is 0 Å². The number of fused-ring (bicyclic) bond motifs is 1. The molecule has 154 valence electrons. The fourth-order valence-corrected chi connectivity index (χ4v) is 4.24. The van der Waals surface area contributed by atoms with E-state index in [1.54, 1.807) is 15.6 Å². The Hall–Kier alpha value is -2.54. The van der Waals surface area contributed by atoms with Crippen LogP contribution in [0.15, 0.2) is 18.2 Å². The molecule has 0 saturated carbocycles. The first kappa shape index (κ1) is 19.8. The van der Waals surface area contributed by atoms with E-state index in [4.69, 9.17) is 11.6 Å². The van der Waals surface area contributed by atoms with Crippen LogP contribution in [0.3, 0.4) is 0 Å². The van der Waals surface area contributed by atoms with E-state index in [0.717, 1.165) is 42.8 Å². The number of piperidine rings is 1. The maximum absolute atomic E-state index is 13.0. The van der Waals surface area contributed by atoms with Crippen LogP contribution >= 0.6 is 11.6 Å². The Morgan fingerprint density at radius 1 is 1.10 bits per heavy atom. The van der Waals surface area contributed by atoms with Gasteiger partial charge in [-0.2, -0.15) is 5.10 Å². The summed E-state index contributed by atoms with van der Waals surface area (Å²) < 4.78 is 1.79. The third kappa shape index (κ3) is 3.96. The lowest BCUT2D eigenvalue weighted by Gasteiger charge is -2.29. The number of aromatic nitrogens is 2. The Morgan fingerprint density at radius 3 is 2.59 bits per heavy atom. The number of nitrogens with one attached hydrogen (secondary N) is 1. The summed E-state index contributed by atoms with van der Waals surface area (Å²) >= 11 is 6.16. The second-order valence-electron chi connectivity index (χ2n) is 7.82. The fraction of sp³-hybridized carbons (Fsp3) is 0.476. The van der Waals surface area contributed by atoms with Crippen molar-refractivity contribution in [2.45, 2.75) is 39.2 Å². The van der Waals surface area contributed by atoms with E-state index < -0.39 is 0 Å². The van der Waals surface area contributed by atoms with E-state index in [2.05, 4.69) is 10.4 Å². The summed E-state index contributed by atoms with van der Waals surface area (Å²) in [7, 11) is 1.87. The minimum atomic E-state index is -0.198. The first-order chi connectivity index (χ1) is 13.9. The molecule has 1 N–H and O–H groups in total. The van der Waals surface area contributed by atoms with Crippen molar-refractivity contribution in [2.24, 2.45) is 7.05 Å². The second-order valence-corrected chi connectivity index (χ2v) is 8.22. The van der Waals surface area contributed by atoms with Gasteiger partial charge in [-0.15, -0.1) is 0 Å². The predicted octanol–water partition coefficient (Wildman–Crippen LogP) is 3.60. The highest BCUT2D eigenvalue weighted by molar-refractivity contribution is 6.31. The number of carbonyl (C=O) groups excluding carboxylic acids is 2. The van der Waals surface area contributed by atoms with E-state index in [9.17, 15) is 9.59 Å². The average Bonchev–Trinajstić information content (AvgIpc) is 3.07. The standard InChI is InChI=1S/C21H26ClN5O2/c1-14-6-7-15(12-17(14)22)23-21(29)27-11-8-18-16(13-27)19(24-25(18)2)20(28)26-9-4-3-5-10-26/h6-7,12H,3-5,8-11,13H2,1-2H3,(H,23,29). The molecule has 1 aromatic carbocycles. The Morgan fingerprint density at radius 2 is 1.86 bits per heavy atom. The van der Waals surface area contributed by atoms with Crippen molar-refractivity contribution >= 4 is 29.2 Å². The molecule has 2 aliphatic rings. The van der Waals surface area contributed by atoms with Crippen LogP contribution in [0.5, 0.6) is 0 Å². The molecule has 1 fully saturated rings. The lowest BCUT2D eigenvalue weighted by Crippen LogP contribution is -2.40. The van der Waals surface area contributed by atoms with Crippen LogP contribution in [0.25, 0.3) is 0 Å². The third-order valence-electron chi connectivity index (χ3n) is 5.80. The third-order valence-corrected chi connectivity index (χ3v) is 6.21. The van der Waals surface area contributed by atoms with Crippen molar-refractivity contribution in [2.75, 3.05) is 25.0 Å².